The molecule has 0 radical (unpaired) electrons. The number of nitrogens with one attached hydrogen (secondary N) is 2. The maximum absolute atomic E-state index is 12.3. The number of carbonyl (C=O) groups excluding carboxylic acids is 3. The van der Waals surface area contributed by atoms with E-state index in [2.05, 4.69) is 10.6 Å². The molecule has 0 aromatic heterocycles. The molecule has 0 heterocycles. The number of nitrogens with zero attached hydrogens (tertiary/aromatic N) is 1. The lowest BCUT2D eigenvalue weighted by Gasteiger charge is -2.17. The Hall–Kier alpha value is -3.93. The predicted octanol–water partition coefficient (Wildman–Crippen LogP) is 3.49. The topological polar surface area (TPSA) is 78.5 Å². The Labute approximate surface area is 181 Å². The normalized spacial score (nSPS) is 10.3. The van der Waals surface area contributed by atoms with Gasteiger partial charge in [-0.3, -0.25) is 14.4 Å². The van der Waals surface area contributed by atoms with E-state index in [1.54, 1.807) is 24.3 Å². The summed E-state index contributed by atoms with van der Waals surface area (Å²) in [6.45, 7) is 1.67. The van der Waals surface area contributed by atoms with Crippen molar-refractivity contribution in [2.45, 2.75) is 6.92 Å². The number of amides is 3. The fourth-order valence-corrected chi connectivity index (χ4v) is 2.98. The summed E-state index contributed by atoms with van der Waals surface area (Å²) in [4.78, 5) is 38.0. The minimum absolute atomic E-state index is 0.103. The van der Waals surface area contributed by atoms with Gasteiger partial charge in [0, 0.05) is 18.3 Å². The molecular weight excluding hydrogens is 390 g/mol. The molecule has 0 aliphatic carbocycles. The zero-order chi connectivity index (χ0) is 22.2. The summed E-state index contributed by atoms with van der Waals surface area (Å²) in [6, 6.07) is 24.4. The van der Waals surface area contributed by atoms with Crippen molar-refractivity contribution in [3.05, 3.63) is 90.0 Å². The highest BCUT2D eigenvalue weighted by atomic mass is 16.2. The second-order valence-electron chi connectivity index (χ2n) is 7.29. The van der Waals surface area contributed by atoms with Gasteiger partial charge in [-0.25, -0.2) is 0 Å². The third-order valence-electron chi connectivity index (χ3n) is 4.80. The Bertz CT molecular complexity index is 1050. The van der Waals surface area contributed by atoms with Crippen molar-refractivity contribution in [2.24, 2.45) is 0 Å². The van der Waals surface area contributed by atoms with Gasteiger partial charge in [-0.1, -0.05) is 60.2 Å². The van der Waals surface area contributed by atoms with Crippen molar-refractivity contribution in [3.63, 3.8) is 0 Å². The molecule has 0 aliphatic heterocycles. The first-order valence-corrected chi connectivity index (χ1v) is 9.96. The van der Waals surface area contributed by atoms with E-state index in [1.165, 1.54) is 11.9 Å². The third-order valence-corrected chi connectivity index (χ3v) is 4.80. The SMILES string of the molecule is Cc1ccc(NC(=O)CN(C)C(=O)CNC(=O)c2ccc(-c3ccccc3)cc2)cc1. The zero-order valence-electron chi connectivity index (χ0n) is 17.6. The molecule has 0 saturated heterocycles. The summed E-state index contributed by atoms with van der Waals surface area (Å²) >= 11 is 0. The highest BCUT2D eigenvalue weighted by Gasteiger charge is 2.15. The van der Waals surface area contributed by atoms with Crippen LogP contribution in [0.1, 0.15) is 15.9 Å². The fourth-order valence-electron chi connectivity index (χ4n) is 2.98. The molecule has 31 heavy (non-hydrogen) atoms. The minimum Gasteiger partial charge on any atom is -0.343 e. The quantitative estimate of drug-likeness (QED) is 0.620. The number of hydrogen-bond donors (Lipinski definition) is 2. The molecule has 158 valence electrons. The Kier molecular flexibility index (Phi) is 7.17. The van der Waals surface area contributed by atoms with Gasteiger partial charge in [0.25, 0.3) is 5.91 Å². The standard InChI is InChI=1S/C25H25N3O3/c1-18-8-14-22(15-9-18)27-23(29)17-28(2)24(30)16-26-25(31)21-12-10-20(11-13-21)19-6-4-3-5-7-19/h3-15H,16-17H2,1-2H3,(H,26,31)(H,27,29). The molecule has 3 aromatic carbocycles. The van der Waals surface area contributed by atoms with E-state index < -0.39 is 0 Å². The van der Waals surface area contributed by atoms with Crippen LogP contribution in [0.25, 0.3) is 11.1 Å². The molecule has 0 aliphatic rings. The molecule has 2 N–H and O–H groups in total. The average molecular weight is 415 g/mol. The van der Waals surface area contributed by atoms with Gasteiger partial charge in [0.05, 0.1) is 13.1 Å². The van der Waals surface area contributed by atoms with Crippen molar-refractivity contribution in [1.82, 2.24) is 10.2 Å². The Balaban J connectivity index is 1.47. The van der Waals surface area contributed by atoms with Crippen LogP contribution in [0.5, 0.6) is 0 Å². The van der Waals surface area contributed by atoms with Crippen molar-refractivity contribution in [2.75, 3.05) is 25.5 Å². The number of aryl methyl sites for hydroxylation is 1. The van der Waals surface area contributed by atoms with Crippen LogP contribution in [0, 0.1) is 6.92 Å². The summed E-state index contributed by atoms with van der Waals surface area (Å²) in [5, 5.41) is 5.35. The smallest absolute Gasteiger partial charge is 0.251 e. The first-order chi connectivity index (χ1) is 14.9. The molecule has 0 saturated carbocycles. The molecule has 0 fully saturated rings. The number of likely N-dealkylation sites (N-methyl/N-ethyl adjacent to an activating group) is 1. The molecule has 0 bridgehead atoms. The Morgan fingerprint density at radius 1 is 0.806 bits per heavy atom. The van der Waals surface area contributed by atoms with Crippen molar-refractivity contribution in [3.8, 4) is 11.1 Å². The minimum atomic E-state index is -0.353. The molecule has 6 nitrogen and oxygen atoms in total. The summed E-state index contributed by atoms with van der Waals surface area (Å²) in [5.74, 6) is -0.999. The van der Waals surface area contributed by atoms with E-state index in [4.69, 9.17) is 0 Å². The zero-order valence-corrected chi connectivity index (χ0v) is 17.6. The number of carbonyl (C=O) groups is 3. The average Bonchev–Trinajstić information content (AvgIpc) is 2.79. The van der Waals surface area contributed by atoms with Gasteiger partial charge in [0.1, 0.15) is 0 Å². The Morgan fingerprint density at radius 3 is 2.06 bits per heavy atom. The molecule has 0 unspecified atom stereocenters. The number of anilines is 1. The molecule has 0 spiro atoms. The van der Waals surface area contributed by atoms with Gasteiger partial charge in [-0.05, 0) is 42.3 Å². The molecule has 3 amide bonds. The van der Waals surface area contributed by atoms with Gasteiger partial charge in [-0.2, -0.15) is 0 Å². The highest BCUT2D eigenvalue weighted by molar-refractivity contribution is 5.98. The van der Waals surface area contributed by atoms with E-state index in [1.807, 2.05) is 61.5 Å². The highest BCUT2D eigenvalue weighted by Crippen LogP contribution is 2.19. The fraction of sp³-hybridized carbons (Fsp3) is 0.160. The largest absolute Gasteiger partial charge is 0.343 e. The number of benzene rings is 3. The number of rotatable bonds is 7. The Morgan fingerprint density at radius 2 is 1.42 bits per heavy atom. The van der Waals surface area contributed by atoms with E-state index in [9.17, 15) is 14.4 Å². The van der Waals surface area contributed by atoms with Crippen LogP contribution < -0.4 is 10.6 Å². The van der Waals surface area contributed by atoms with Crippen LogP contribution in [0.4, 0.5) is 5.69 Å². The van der Waals surface area contributed by atoms with Gasteiger partial charge >= 0.3 is 0 Å². The van der Waals surface area contributed by atoms with Gasteiger partial charge < -0.3 is 15.5 Å². The summed E-state index contributed by atoms with van der Waals surface area (Å²) in [7, 11) is 1.53. The first kappa shape index (κ1) is 21.8. The van der Waals surface area contributed by atoms with Crippen molar-refractivity contribution in [1.29, 1.82) is 0 Å². The van der Waals surface area contributed by atoms with E-state index in [-0.39, 0.29) is 30.8 Å². The lowest BCUT2D eigenvalue weighted by Crippen LogP contribution is -2.41. The van der Waals surface area contributed by atoms with E-state index in [0.717, 1.165) is 16.7 Å². The lowest BCUT2D eigenvalue weighted by atomic mass is 10.0. The van der Waals surface area contributed by atoms with Crippen LogP contribution >= 0.6 is 0 Å². The monoisotopic (exact) mass is 415 g/mol. The lowest BCUT2D eigenvalue weighted by molar-refractivity contribution is -0.132. The molecule has 6 heteroatoms. The van der Waals surface area contributed by atoms with E-state index >= 15 is 0 Å². The van der Waals surface area contributed by atoms with Gasteiger partial charge in [-0.15, -0.1) is 0 Å². The van der Waals surface area contributed by atoms with Crippen LogP contribution in [0.2, 0.25) is 0 Å². The van der Waals surface area contributed by atoms with Gasteiger partial charge in [0.2, 0.25) is 11.8 Å². The van der Waals surface area contributed by atoms with Crippen LogP contribution in [-0.2, 0) is 9.59 Å². The van der Waals surface area contributed by atoms with Crippen molar-refractivity contribution < 1.29 is 14.4 Å². The third kappa shape index (κ3) is 6.27. The maximum atomic E-state index is 12.3. The van der Waals surface area contributed by atoms with E-state index in [0.29, 0.717) is 11.3 Å². The van der Waals surface area contributed by atoms with Crippen LogP contribution in [0.15, 0.2) is 78.9 Å². The molecular formula is C25H25N3O3. The summed E-state index contributed by atoms with van der Waals surface area (Å²) in [6.07, 6.45) is 0. The van der Waals surface area contributed by atoms with Gasteiger partial charge in [0.15, 0.2) is 0 Å². The number of hydrogen-bond acceptors (Lipinski definition) is 3. The van der Waals surface area contributed by atoms with Crippen LogP contribution in [0.3, 0.4) is 0 Å². The van der Waals surface area contributed by atoms with Crippen LogP contribution in [-0.4, -0.2) is 42.8 Å². The van der Waals surface area contributed by atoms with Crippen molar-refractivity contribution >= 4 is 23.4 Å². The molecule has 3 rings (SSSR count). The first-order valence-electron chi connectivity index (χ1n) is 9.96. The second kappa shape index (κ2) is 10.2. The summed E-state index contributed by atoms with van der Waals surface area (Å²) in [5.41, 5.74) is 4.30. The maximum Gasteiger partial charge on any atom is 0.251 e. The molecule has 0 atom stereocenters. The molecule has 3 aromatic rings. The summed E-state index contributed by atoms with van der Waals surface area (Å²) < 4.78 is 0. The predicted molar refractivity (Wildman–Crippen MR) is 122 cm³/mol. The second-order valence-corrected chi connectivity index (χ2v) is 7.29.